The minimum atomic E-state index is -3.34. The molecule has 1 aliphatic carbocycles. The van der Waals surface area contributed by atoms with Gasteiger partial charge < -0.3 is 15.5 Å². The van der Waals surface area contributed by atoms with Crippen LogP contribution in [-0.4, -0.2) is 55.0 Å². The van der Waals surface area contributed by atoms with E-state index in [-0.39, 0.29) is 0 Å². The number of carboxylic acid groups (broad SMARTS) is 2. The Bertz CT molecular complexity index is 700. The SMILES string of the molecule is CN(C)S(=O)(=O)c1cccc(CNC2CCCCC2)c1.O=C(O)C(=O)O. The highest BCUT2D eigenvalue weighted by Gasteiger charge is 2.17. The van der Waals surface area contributed by atoms with Gasteiger partial charge in [0.05, 0.1) is 4.90 Å². The molecule has 2 rings (SSSR count). The minimum Gasteiger partial charge on any atom is -0.473 e. The highest BCUT2D eigenvalue weighted by Crippen LogP contribution is 2.19. The van der Waals surface area contributed by atoms with Crippen LogP contribution in [0.1, 0.15) is 37.7 Å². The highest BCUT2D eigenvalue weighted by atomic mass is 32.2. The zero-order valence-electron chi connectivity index (χ0n) is 15.0. The first-order chi connectivity index (χ1) is 12.1. The quantitative estimate of drug-likeness (QED) is 0.655. The van der Waals surface area contributed by atoms with E-state index in [1.807, 2.05) is 12.1 Å². The van der Waals surface area contributed by atoms with E-state index in [1.165, 1.54) is 36.4 Å². The van der Waals surface area contributed by atoms with E-state index in [0.29, 0.717) is 10.9 Å². The van der Waals surface area contributed by atoms with E-state index in [0.717, 1.165) is 12.1 Å². The van der Waals surface area contributed by atoms with Crippen LogP contribution in [0.25, 0.3) is 0 Å². The molecular weight excluding hydrogens is 360 g/mol. The lowest BCUT2D eigenvalue weighted by Gasteiger charge is -2.23. The third-order valence-corrected chi connectivity index (χ3v) is 5.87. The lowest BCUT2D eigenvalue weighted by molar-refractivity contribution is -0.159. The van der Waals surface area contributed by atoms with Crippen molar-refractivity contribution in [2.75, 3.05) is 14.1 Å². The summed E-state index contributed by atoms with van der Waals surface area (Å²) in [5.74, 6) is -3.65. The molecule has 9 heteroatoms. The second-order valence-corrected chi connectivity index (χ2v) is 8.41. The first kappa shape index (κ1) is 22.1. The standard InChI is InChI=1S/C15H24N2O2S.C2H2O4/c1-17(2)20(18,19)15-10-6-7-13(11-15)12-16-14-8-4-3-5-9-14;3-1(4)2(5)6/h6-7,10-11,14,16H,3-5,8-9,12H2,1-2H3;(H,3,4)(H,5,6). The van der Waals surface area contributed by atoms with Crippen LogP contribution < -0.4 is 5.32 Å². The molecule has 0 radical (unpaired) electrons. The number of hydrogen-bond acceptors (Lipinski definition) is 5. The number of nitrogens with zero attached hydrogens (tertiary/aromatic N) is 1. The molecule has 0 unspecified atom stereocenters. The number of hydrogen-bond donors (Lipinski definition) is 3. The average Bonchev–Trinajstić information content (AvgIpc) is 2.61. The fourth-order valence-electron chi connectivity index (χ4n) is 2.60. The third-order valence-electron chi connectivity index (χ3n) is 4.06. The van der Waals surface area contributed by atoms with E-state index >= 15 is 0 Å². The fraction of sp³-hybridized carbons (Fsp3) is 0.529. The first-order valence-corrected chi connectivity index (χ1v) is 9.79. The topological polar surface area (TPSA) is 124 Å². The Kier molecular flexibility index (Phi) is 8.70. The second-order valence-electron chi connectivity index (χ2n) is 6.26. The summed E-state index contributed by atoms with van der Waals surface area (Å²) in [6, 6.07) is 7.79. The molecule has 0 amide bonds. The van der Waals surface area contributed by atoms with E-state index in [1.54, 1.807) is 26.2 Å². The number of carboxylic acids is 2. The lowest BCUT2D eigenvalue weighted by Crippen LogP contribution is -2.30. The van der Waals surface area contributed by atoms with Crippen molar-refractivity contribution in [2.45, 2.75) is 49.6 Å². The van der Waals surface area contributed by atoms with E-state index < -0.39 is 22.0 Å². The molecule has 0 aromatic heterocycles. The Morgan fingerprint density at radius 1 is 1.12 bits per heavy atom. The predicted octanol–water partition coefficient (Wildman–Crippen LogP) is 1.51. The van der Waals surface area contributed by atoms with Crippen molar-refractivity contribution in [1.82, 2.24) is 9.62 Å². The van der Waals surface area contributed by atoms with Gasteiger partial charge in [-0.2, -0.15) is 0 Å². The summed E-state index contributed by atoms with van der Waals surface area (Å²) in [6.07, 6.45) is 6.40. The normalized spacial score (nSPS) is 15.2. The molecule has 0 saturated heterocycles. The Hall–Kier alpha value is -1.97. The van der Waals surface area contributed by atoms with Gasteiger partial charge in [-0.15, -0.1) is 0 Å². The number of rotatable bonds is 5. The predicted molar refractivity (Wildman–Crippen MR) is 96.3 cm³/mol. The second kappa shape index (κ2) is 10.2. The van der Waals surface area contributed by atoms with Gasteiger partial charge in [-0.05, 0) is 30.5 Å². The molecular formula is C17H26N2O6S. The summed E-state index contributed by atoms with van der Waals surface area (Å²) in [4.78, 5) is 18.6. The number of carbonyl (C=O) groups is 2. The molecule has 1 saturated carbocycles. The van der Waals surface area contributed by atoms with E-state index in [4.69, 9.17) is 19.8 Å². The summed E-state index contributed by atoms with van der Waals surface area (Å²) < 4.78 is 25.4. The molecule has 1 aromatic rings. The van der Waals surface area contributed by atoms with Gasteiger partial charge in [0.2, 0.25) is 10.0 Å². The molecule has 1 fully saturated rings. The Labute approximate surface area is 153 Å². The van der Waals surface area contributed by atoms with E-state index in [9.17, 15) is 8.42 Å². The van der Waals surface area contributed by atoms with Crippen LogP contribution in [-0.2, 0) is 26.2 Å². The number of benzene rings is 1. The molecule has 0 bridgehead atoms. The molecule has 0 aliphatic heterocycles. The van der Waals surface area contributed by atoms with Gasteiger partial charge in [-0.1, -0.05) is 31.4 Å². The van der Waals surface area contributed by atoms with Gasteiger partial charge in [-0.25, -0.2) is 22.3 Å². The maximum atomic E-state index is 12.1. The van der Waals surface area contributed by atoms with Gasteiger partial charge in [-0.3, -0.25) is 0 Å². The highest BCUT2D eigenvalue weighted by molar-refractivity contribution is 7.89. The zero-order valence-corrected chi connectivity index (χ0v) is 15.8. The summed E-state index contributed by atoms with van der Waals surface area (Å²) in [6.45, 7) is 0.738. The molecule has 8 nitrogen and oxygen atoms in total. The first-order valence-electron chi connectivity index (χ1n) is 8.35. The van der Waals surface area contributed by atoms with Crippen molar-refractivity contribution >= 4 is 22.0 Å². The van der Waals surface area contributed by atoms with Crippen molar-refractivity contribution in [2.24, 2.45) is 0 Å². The van der Waals surface area contributed by atoms with Gasteiger partial charge in [0.15, 0.2) is 0 Å². The number of sulfonamides is 1. The van der Waals surface area contributed by atoms with E-state index in [2.05, 4.69) is 5.32 Å². The van der Waals surface area contributed by atoms with Crippen LogP contribution in [0.3, 0.4) is 0 Å². The van der Waals surface area contributed by atoms with Crippen molar-refractivity contribution in [3.8, 4) is 0 Å². The van der Waals surface area contributed by atoms with Crippen molar-refractivity contribution in [1.29, 1.82) is 0 Å². The summed E-state index contributed by atoms with van der Waals surface area (Å²) in [5.41, 5.74) is 1.03. The fourth-order valence-corrected chi connectivity index (χ4v) is 3.57. The zero-order chi connectivity index (χ0) is 19.7. The third kappa shape index (κ3) is 7.11. The Balaban J connectivity index is 0.000000487. The Morgan fingerprint density at radius 3 is 2.19 bits per heavy atom. The van der Waals surface area contributed by atoms with Crippen LogP contribution in [0, 0.1) is 0 Å². The van der Waals surface area contributed by atoms with Crippen LogP contribution in [0.5, 0.6) is 0 Å². The molecule has 1 aromatic carbocycles. The van der Waals surface area contributed by atoms with Gasteiger partial charge in [0.1, 0.15) is 0 Å². The van der Waals surface area contributed by atoms with Crippen molar-refractivity contribution in [3.05, 3.63) is 29.8 Å². The molecule has 0 heterocycles. The van der Waals surface area contributed by atoms with Crippen LogP contribution in [0.15, 0.2) is 29.2 Å². The van der Waals surface area contributed by atoms with Gasteiger partial charge in [0, 0.05) is 26.7 Å². The molecule has 1 aliphatic rings. The maximum Gasteiger partial charge on any atom is 0.414 e. The smallest absolute Gasteiger partial charge is 0.414 e. The van der Waals surface area contributed by atoms with Crippen LogP contribution in [0.2, 0.25) is 0 Å². The maximum absolute atomic E-state index is 12.1. The molecule has 0 atom stereocenters. The number of nitrogens with one attached hydrogen (secondary N) is 1. The van der Waals surface area contributed by atoms with Gasteiger partial charge in [0.25, 0.3) is 0 Å². The summed E-state index contributed by atoms with van der Waals surface area (Å²) in [5, 5.41) is 18.3. The molecule has 146 valence electrons. The summed E-state index contributed by atoms with van der Waals surface area (Å²) >= 11 is 0. The number of aliphatic carboxylic acids is 2. The van der Waals surface area contributed by atoms with Gasteiger partial charge >= 0.3 is 11.9 Å². The average molecular weight is 386 g/mol. The lowest BCUT2D eigenvalue weighted by atomic mass is 9.95. The monoisotopic (exact) mass is 386 g/mol. The molecule has 26 heavy (non-hydrogen) atoms. The molecule has 0 spiro atoms. The Morgan fingerprint density at radius 2 is 1.69 bits per heavy atom. The largest absolute Gasteiger partial charge is 0.473 e. The minimum absolute atomic E-state index is 0.366. The molecule has 3 N–H and O–H groups in total. The van der Waals surface area contributed by atoms with Crippen molar-refractivity contribution < 1.29 is 28.2 Å². The van der Waals surface area contributed by atoms with Crippen LogP contribution >= 0.6 is 0 Å². The van der Waals surface area contributed by atoms with Crippen LogP contribution in [0.4, 0.5) is 0 Å². The van der Waals surface area contributed by atoms with Crippen molar-refractivity contribution in [3.63, 3.8) is 0 Å². The summed E-state index contributed by atoms with van der Waals surface area (Å²) in [7, 11) is -0.221.